The molecule has 142 valence electrons. The van der Waals surface area contributed by atoms with Gasteiger partial charge in [-0.1, -0.05) is 12.1 Å². The Balaban J connectivity index is 1.19. The highest BCUT2D eigenvalue weighted by Crippen LogP contribution is 2.30. The number of aromatic nitrogens is 2. The molecule has 0 radical (unpaired) electrons. The molecular weight excluding hydrogens is 346 g/mol. The fraction of sp³-hybridized carbons (Fsp3) is 0.421. The van der Waals surface area contributed by atoms with Gasteiger partial charge < -0.3 is 19.7 Å². The number of nitrogens with zero attached hydrogens (tertiary/aromatic N) is 4. The number of hydrogen-bond acceptors (Lipinski definition) is 7. The Labute approximate surface area is 158 Å². The summed E-state index contributed by atoms with van der Waals surface area (Å²) in [5, 5.41) is 2.95. The molecule has 0 unspecified atom stereocenters. The van der Waals surface area contributed by atoms with Crippen LogP contribution in [0.4, 0.5) is 5.95 Å². The van der Waals surface area contributed by atoms with E-state index in [1.165, 1.54) is 0 Å². The first kappa shape index (κ1) is 17.5. The maximum atomic E-state index is 12.3. The second-order valence-corrected chi connectivity index (χ2v) is 6.61. The lowest BCUT2D eigenvalue weighted by molar-refractivity contribution is -0.122. The summed E-state index contributed by atoms with van der Waals surface area (Å²) >= 11 is 0. The van der Waals surface area contributed by atoms with E-state index >= 15 is 0 Å². The first-order chi connectivity index (χ1) is 13.3. The third-order valence-corrected chi connectivity index (χ3v) is 4.67. The standard InChI is InChI=1S/C19H23N5O3/c25-18(22-12-15-14-26-16-4-1-2-5-17(16)27-15)13-23-8-10-24(11-9-23)19-20-6-3-7-21-19/h1-7,15H,8-14H2,(H,22,25)/t15-/m1/s1. The molecule has 27 heavy (non-hydrogen) atoms. The monoisotopic (exact) mass is 369 g/mol. The van der Waals surface area contributed by atoms with Crippen LogP contribution in [-0.4, -0.2) is 72.8 Å². The van der Waals surface area contributed by atoms with Crippen LogP contribution in [0, 0.1) is 0 Å². The molecular formula is C19H23N5O3. The summed E-state index contributed by atoms with van der Waals surface area (Å²) in [5.74, 6) is 2.22. The molecule has 8 heteroatoms. The van der Waals surface area contributed by atoms with Crippen LogP contribution in [0.3, 0.4) is 0 Å². The summed E-state index contributed by atoms with van der Waals surface area (Å²) in [6.45, 7) is 4.50. The number of amides is 1. The Morgan fingerprint density at radius 1 is 1.07 bits per heavy atom. The van der Waals surface area contributed by atoms with Crippen LogP contribution in [0.15, 0.2) is 42.7 Å². The Hall–Kier alpha value is -2.87. The van der Waals surface area contributed by atoms with Crippen molar-refractivity contribution < 1.29 is 14.3 Å². The molecule has 1 aromatic heterocycles. The lowest BCUT2D eigenvalue weighted by Gasteiger charge is -2.34. The predicted octanol–water partition coefficient (Wildman–Crippen LogP) is 0.555. The van der Waals surface area contributed by atoms with E-state index in [4.69, 9.17) is 9.47 Å². The van der Waals surface area contributed by atoms with Gasteiger partial charge in [0.15, 0.2) is 11.5 Å². The number of ether oxygens (including phenoxy) is 2. The van der Waals surface area contributed by atoms with Crippen molar-refractivity contribution in [2.75, 3.05) is 50.8 Å². The Morgan fingerprint density at radius 2 is 1.81 bits per heavy atom. The molecule has 1 fully saturated rings. The van der Waals surface area contributed by atoms with Gasteiger partial charge in [0.25, 0.3) is 0 Å². The molecule has 1 atom stereocenters. The van der Waals surface area contributed by atoms with Crippen LogP contribution in [0.2, 0.25) is 0 Å². The highest BCUT2D eigenvalue weighted by Gasteiger charge is 2.23. The largest absolute Gasteiger partial charge is 0.486 e. The number of carbonyl (C=O) groups is 1. The normalized spacial score (nSPS) is 19.6. The third kappa shape index (κ3) is 4.46. The predicted molar refractivity (Wildman–Crippen MR) is 100 cm³/mol. The van der Waals surface area contributed by atoms with Gasteiger partial charge in [-0.2, -0.15) is 0 Å². The third-order valence-electron chi connectivity index (χ3n) is 4.67. The van der Waals surface area contributed by atoms with Crippen molar-refractivity contribution in [3.8, 4) is 11.5 Å². The molecule has 8 nitrogen and oxygen atoms in total. The van der Waals surface area contributed by atoms with Gasteiger partial charge in [0.2, 0.25) is 11.9 Å². The van der Waals surface area contributed by atoms with Gasteiger partial charge >= 0.3 is 0 Å². The summed E-state index contributed by atoms with van der Waals surface area (Å²) < 4.78 is 11.5. The van der Waals surface area contributed by atoms with E-state index in [9.17, 15) is 4.79 Å². The molecule has 2 aliphatic heterocycles. The van der Waals surface area contributed by atoms with Crippen molar-refractivity contribution in [2.24, 2.45) is 0 Å². The van der Waals surface area contributed by atoms with E-state index in [0.717, 1.165) is 43.6 Å². The highest BCUT2D eigenvalue weighted by atomic mass is 16.6. The smallest absolute Gasteiger partial charge is 0.234 e. The molecule has 2 aromatic rings. The average Bonchev–Trinajstić information content (AvgIpc) is 2.73. The molecule has 2 aliphatic rings. The first-order valence-corrected chi connectivity index (χ1v) is 9.17. The molecule has 4 rings (SSSR count). The van der Waals surface area contributed by atoms with Crippen LogP contribution >= 0.6 is 0 Å². The van der Waals surface area contributed by atoms with Crippen LogP contribution in [-0.2, 0) is 4.79 Å². The van der Waals surface area contributed by atoms with E-state index in [1.54, 1.807) is 12.4 Å². The zero-order chi connectivity index (χ0) is 18.5. The molecule has 1 amide bonds. The second-order valence-electron chi connectivity index (χ2n) is 6.61. The lowest BCUT2D eigenvalue weighted by atomic mass is 10.2. The van der Waals surface area contributed by atoms with Gasteiger partial charge in [0, 0.05) is 38.6 Å². The van der Waals surface area contributed by atoms with E-state index in [2.05, 4.69) is 25.1 Å². The quantitative estimate of drug-likeness (QED) is 0.825. The van der Waals surface area contributed by atoms with Gasteiger partial charge in [-0.3, -0.25) is 9.69 Å². The molecule has 1 saturated heterocycles. The topological polar surface area (TPSA) is 79.8 Å². The molecule has 1 aromatic carbocycles. The molecule has 0 spiro atoms. The van der Waals surface area contributed by atoms with Crippen molar-refractivity contribution >= 4 is 11.9 Å². The number of piperazine rings is 1. The van der Waals surface area contributed by atoms with Crippen molar-refractivity contribution in [1.82, 2.24) is 20.2 Å². The first-order valence-electron chi connectivity index (χ1n) is 9.17. The Morgan fingerprint density at radius 3 is 2.59 bits per heavy atom. The minimum Gasteiger partial charge on any atom is -0.486 e. The minimum absolute atomic E-state index is 0.00173. The maximum absolute atomic E-state index is 12.3. The SMILES string of the molecule is O=C(CN1CCN(c2ncccn2)CC1)NC[C@@H]1COc2ccccc2O1. The van der Waals surface area contributed by atoms with Crippen molar-refractivity contribution in [3.63, 3.8) is 0 Å². The number of carbonyl (C=O) groups excluding carboxylic acids is 1. The molecule has 0 bridgehead atoms. The van der Waals surface area contributed by atoms with Gasteiger partial charge in [-0.05, 0) is 18.2 Å². The molecule has 3 heterocycles. The summed E-state index contributed by atoms with van der Waals surface area (Å²) in [5.41, 5.74) is 0. The number of para-hydroxylation sites is 2. The number of fused-ring (bicyclic) bond motifs is 1. The number of anilines is 1. The minimum atomic E-state index is -0.170. The lowest BCUT2D eigenvalue weighted by Crippen LogP contribution is -2.51. The number of nitrogens with one attached hydrogen (secondary N) is 1. The molecule has 1 N–H and O–H groups in total. The zero-order valence-electron chi connectivity index (χ0n) is 15.1. The van der Waals surface area contributed by atoms with Crippen LogP contribution < -0.4 is 19.7 Å². The zero-order valence-corrected chi connectivity index (χ0v) is 15.1. The highest BCUT2D eigenvalue weighted by molar-refractivity contribution is 5.78. The van der Waals surface area contributed by atoms with Crippen molar-refractivity contribution in [1.29, 1.82) is 0 Å². The average molecular weight is 369 g/mol. The summed E-state index contributed by atoms with van der Waals surface area (Å²) in [7, 11) is 0. The van der Waals surface area contributed by atoms with Crippen LogP contribution in [0.1, 0.15) is 0 Å². The van der Waals surface area contributed by atoms with E-state index in [-0.39, 0.29) is 12.0 Å². The molecule has 0 aliphatic carbocycles. The van der Waals surface area contributed by atoms with Crippen LogP contribution in [0.25, 0.3) is 0 Å². The summed E-state index contributed by atoms with van der Waals surface area (Å²) in [6, 6.07) is 9.38. The van der Waals surface area contributed by atoms with Crippen LogP contribution in [0.5, 0.6) is 11.5 Å². The summed E-state index contributed by atoms with van der Waals surface area (Å²) in [6.07, 6.45) is 3.32. The van der Waals surface area contributed by atoms with Crippen molar-refractivity contribution in [2.45, 2.75) is 6.10 Å². The van der Waals surface area contributed by atoms with Gasteiger partial charge in [0.05, 0.1) is 13.1 Å². The van der Waals surface area contributed by atoms with Crippen molar-refractivity contribution in [3.05, 3.63) is 42.7 Å². The fourth-order valence-electron chi connectivity index (χ4n) is 3.21. The Kier molecular flexibility index (Phi) is 5.34. The van der Waals surface area contributed by atoms with E-state index in [0.29, 0.717) is 19.7 Å². The Bertz CT molecular complexity index is 765. The van der Waals surface area contributed by atoms with Gasteiger partial charge in [-0.15, -0.1) is 0 Å². The van der Waals surface area contributed by atoms with E-state index < -0.39 is 0 Å². The van der Waals surface area contributed by atoms with Gasteiger partial charge in [-0.25, -0.2) is 9.97 Å². The molecule has 0 saturated carbocycles. The maximum Gasteiger partial charge on any atom is 0.234 e. The number of rotatable bonds is 5. The summed E-state index contributed by atoms with van der Waals surface area (Å²) in [4.78, 5) is 25.1. The fourth-order valence-corrected chi connectivity index (χ4v) is 3.21. The number of hydrogen-bond donors (Lipinski definition) is 1. The van der Waals surface area contributed by atoms with E-state index in [1.807, 2.05) is 30.3 Å². The second kappa shape index (κ2) is 8.22. The van der Waals surface area contributed by atoms with Gasteiger partial charge in [0.1, 0.15) is 12.7 Å². The number of benzene rings is 1.